The van der Waals surface area contributed by atoms with Crippen molar-refractivity contribution in [1.29, 1.82) is 0 Å². The second-order valence-corrected chi connectivity index (χ2v) is 6.72. The topological polar surface area (TPSA) is 92.7 Å². The molecule has 1 fully saturated rings. The fraction of sp³-hybridized carbons (Fsp3) is 0.368. The number of carbonyl (C=O) groups excluding carboxylic acids is 1. The van der Waals surface area contributed by atoms with Crippen LogP contribution >= 0.6 is 0 Å². The standard InChI is InChI=1S/C19H22N4O4/c1-22-14-11-13(6-7-17(14)27-19(22)25)21-18(24)20-12-15(16-5-4-10-26-16)23-8-2-3-9-23/h4-7,10-11,15H,2-3,8-9,12H2,1H3,(H2,20,21,24). The third-order valence-corrected chi connectivity index (χ3v) is 4.96. The highest BCUT2D eigenvalue weighted by atomic mass is 16.4. The maximum atomic E-state index is 12.4. The molecule has 2 amide bonds. The number of amides is 2. The molecule has 1 unspecified atom stereocenters. The minimum absolute atomic E-state index is 0.0189. The molecule has 1 aliphatic rings. The van der Waals surface area contributed by atoms with Gasteiger partial charge in [-0.2, -0.15) is 0 Å². The summed E-state index contributed by atoms with van der Waals surface area (Å²) >= 11 is 0. The van der Waals surface area contributed by atoms with Crippen molar-refractivity contribution in [3.8, 4) is 0 Å². The molecule has 4 rings (SSSR count). The zero-order valence-electron chi connectivity index (χ0n) is 15.1. The van der Waals surface area contributed by atoms with Crippen LogP contribution in [0.4, 0.5) is 10.5 Å². The van der Waals surface area contributed by atoms with Crippen LogP contribution in [0, 0.1) is 0 Å². The summed E-state index contributed by atoms with van der Waals surface area (Å²) in [5.74, 6) is 0.422. The van der Waals surface area contributed by atoms with Gasteiger partial charge in [0.2, 0.25) is 0 Å². The lowest BCUT2D eigenvalue weighted by Gasteiger charge is -2.26. The maximum Gasteiger partial charge on any atom is 0.419 e. The summed E-state index contributed by atoms with van der Waals surface area (Å²) in [5, 5.41) is 5.73. The van der Waals surface area contributed by atoms with E-state index in [1.165, 1.54) is 4.57 Å². The van der Waals surface area contributed by atoms with Gasteiger partial charge in [0, 0.05) is 19.3 Å². The number of nitrogens with zero attached hydrogens (tertiary/aromatic N) is 2. The number of oxazole rings is 1. The number of rotatable bonds is 5. The number of hydrogen-bond acceptors (Lipinski definition) is 5. The third-order valence-electron chi connectivity index (χ3n) is 4.96. The minimum atomic E-state index is -0.432. The molecule has 1 atom stereocenters. The predicted octanol–water partition coefficient (Wildman–Crippen LogP) is 2.68. The van der Waals surface area contributed by atoms with Gasteiger partial charge in [-0.3, -0.25) is 9.47 Å². The molecular weight excluding hydrogens is 348 g/mol. The van der Waals surface area contributed by atoms with Gasteiger partial charge in [0.1, 0.15) is 5.76 Å². The Balaban J connectivity index is 1.42. The summed E-state index contributed by atoms with van der Waals surface area (Å²) in [6.45, 7) is 2.45. The van der Waals surface area contributed by atoms with Gasteiger partial charge in [0.05, 0.1) is 17.8 Å². The van der Waals surface area contributed by atoms with E-state index in [1.54, 1.807) is 31.5 Å². The predicted molar refractivity (Wildman–Crippen MR) is 101 cm³/mol. The van der Waals surface area contributed by atoms with Crippen molar-refractivity contribution in [3.63, 3.8) is 0 Å². The lowest BCUT2D eigenvalue weighted by molar-refractivity contribution is 0.207. The van der Waals surface area contributed by atoms with Gasteiger partial charge in [-0.15, -0.1) is 0 Å². The van der Waals surface area contributed by atoms with E-state index in [9.17, 15) is 9.59 Å². The summed E-state index contributed by atoms with van der Waals surface area (Å²) in [4.78, 5) is 26.3. The summed E-state index contributed by atoms with van der Waals surface area (Å²) < 4.78 is 12.1. The molecule has 8 heteroatoms. The quantitative estimate of drug-likeness (QED) is 0.720. The normalized spacial score (nSPS) is 15.9. The molecule has 0 saturated carbocycles. The average Bonchev–Trinajstić information content (AvgIpc) is 3.40. The van der Waals surface area contributed by atoms with E-state index in [1.807, 2.05) is 12.1 Å². The van der Waals surface area contributed by atoms with Crippen LogP contribution in [-0.4, -0.2) is 35.1 Å². The first-order chi connectivity index (χ1) is 13.1. The van der Waals surface area contributed by atoms with Gasteiger partial charge in [-0.05, 0) is 56.3 Å². The number of hydrogen-bond donors (Lipinski definition) is 2. The average molecular weight is 370 g/mol. The SMILES string of the molecule is Cn1c(=O)oc2ccc(NC(=O)NCC(c3ccco3)N3CCCC3)cc21. The van der Waals surface area contributed by atoms with Gasteiger partial charge >= 0.3 is 11.8 Å². The number of furan rings is 1. The van der Waals surface area contributed by atoms with Crippen molar-refractivity contribution in [1.82, 2.24) is 14.8 Å². The van der Waals surface area contributed by atoms with Gasteiger partial charge in [-0.25, -0.2) is 9.59 Å². The summed E-state index contributed by atoms with van der Waals surface area (Å²) in [5.41, 5.74) is 1.70. The van der Waals surface area contributed by atoms with E-state index in [-0.39, 0.29) is 12.1 Å². The van der Waals surface area contributed by atoms with Gasteiger partial charge < -0.3 is 19.5 Å². The van der Waals surface area contributed by atoms with Crippen molar-refractivity contribution in [2.45, 2.75) is 18.9 Å². The van der Waals surface area contributed by atoms with E-state index in [4.69, 9.17) is 8.83 Å². The lowest BCUT2D eigenvalue weighted by atomic mass is 10.2. The molecule has 2 N–H and O–H groups in total. The zero-order valence-corrected chi connectivity index (χ0v) is 15.1. The van der Waals surface area contributed by atoms with Crippen LogP contribution in [0.3, 0.4) is 0 Å². The van der Waals surface area contributed by atoms with Gasteiger partial charge in [0.15, 0.2) is 5.58 Å². The van der Waals surface area contributed by atoms with E-state index in [2.05, 4.69) is 15.5 Å². The second-order valence-electron chi connectivity index (χ2n) is 6.72. The van der Waals surface area contributed by atoms with Crippen molar-refractivity contribution in [2.75, 3.05) is 25.0 Å². The summed E-state index contributed by atoms with van der Waals surface area (Å²) in [6.07, 6.45) is 3.97. The number of benzene rings is 1. The number of urea groups is 1. The Kier molecular flexibility index (Phi) is 4.72. The molecule has 0 aliphatic carbocycles. The van der Waals surface area contributed by atoms with Crippen LogP contribution < -0.4 is 16.4 Å². The molecule has 0 bridgehead atoms. The van der Waals surface area contributed by atoms with Crippen LogP contribution in [0.25, 0.3) is 11.1 Å². The Morgan fingerprint density at radius 3 is 2.81 bits per heavy atom. The van der Waals surface area contributed by atoms with E-state index < -0.39 is 5.76 Å². The Morgan fingerprint density at radius 1 is 1.26 bits per heavy atom. The Morgan fingerprint density at radius 2 is 2.07 bits per heavy atom. The Bertz CT molecular complexity index is 983. The largest absolute Gasteiger partial charge is 0.468 e. The maximum absolute atomic E-state index is 12.4. The molecule has 1 aliphatic heterocycles. The molecular formula is C19H22N4O4. The number of nitrogens with one attached hydrogen (secondary N) is 2. The van der Waals surface area contributed by atoms with Crippen molar-refractivity contribution < 1.29 is 13.6 Å². The summed E-state index contributed by atoms with van der Waals surface area (Å²) in [6, 6.07) is 8.60. The number of fused-ring (bicyclic) bond motifs is 1. The van der Waals surface area contributed by atoms with Crippen LogP contribution in [0.1, 0.15) is 24.6 Å². The Labute approximate surface area is 155 Å². The number of carbonyl (C=O) groups is 1. The number of aryl methyl sites for hydroxylation is 1. The molecule has 0 radical (unpaired) electrons. The fourth-order valence-corrected chi connectivity index (χ4v) is 3.51. The van der Waals surface area contributed by atoms with Gasteiger partial charge in [0.25, 0.3) is 0 Å². The smallest absolute Gasteiger partial charge is 0.419 e. The highest BCUT2D eigenvalue weighted by Crippen LogP contribution is 2.25. The molecule has 27 heavy (non-hydrogen) atoms. The molecule has 0 spiro atoms. The number of aromatic nitrogens is 1. The van der Waals surface area contributed by atoms with E-state index in [0.717, 1.165) is 31.7 Å². The first kappa shape index (κ1) is 17.4. The highest BCUT2D eigenvalue weighted by Gasteiger charge is 2.25. The number of likely N-dealkylation sites (tertiary alicyclic amines) is 1. The molecule has 1 saturated heterocycles. The zero-order chi connectivity index (χ0) is 18.8. The van der Waals surface area contributed by atoms with Crippen LogP contribution in [0.5, 0.6) is 0 Å². The van der Waals surface area contributed by atoms with E-state index in [0.29, 0.717) is 23.3 Å². The van der Waals surface area contributed by atoms with Crippen molar-refractivity contribution >= 4 is 22.8 Å². The van der Waals surface area contributed by atoms with Crippen LogP contribution in [-0.2, 0) is 7.05 Å². The molecule has 3 aromatic rings. The molecule has 142 valence electrons. The van der Waals surface area contributed by atoms with Gasteiger partial charge in [-0.1, -0.05) is 0 Å². The Hall–Kier alpha value is -3.00. The van der Waals surface area contributed by atoms with Crippen molar-refractivity contribution in [2.24, 2.45) is 7.05 Å². The minimum Gasteiger partial charge on any atom is -0.468 e. The molecule has 3 heterocycles. The second kappa shape index (κ2) is 7.32. The van der Waals surface area contributed by atoms with Crippen molar-refractivity contribution in [3.05, 3.63) is 52.9 Å². The molecule has 1 aromatic carbocycles. The third kappa shape index (κ3) is 3.61. The highest BCUT2D eigenvalue weighted by molar-refractivity contribution is 5.91. The first-order valence-electron chi connectivity index (χ1n) is 9.04. The monoisotopic (exact) mass is 370 g/mol. The number of anilines is 1. The first-order valence-corrected chi connectivity index (χ1v) is 9.04. The van der Waals surface area contributed by atoms with Crippen LogP contribution in [0.15, 0.2) is 50.2 Å². The molecule has 8 nitrogen and oxygen atoms in total. The van der Waals surface area contributed by atoms with Crippen LogP contribution in [0.2, 0.25) is 0 Å². The lowest BCUT2D eigenvalue weighted by Crippen LogP contribution is -2.38. The fourth-order valence-electron chi connectivity index (χ4n) is 3.51. The van der Waals surface area contributed by atoms with E-state index >= 15 is 0 Å². The molecule has 2 aromatic heterocycles. The summed E-state index contributed by atoms with van der Waals surface area (Å²) in [7, 11) is 1.63.